The molecule has 0 spiro atoms. The second-order valence-electron chi connectivity index (χ2n) is 8.79. The van der Waals surface area contributed by atoms with Crippen molar-refractivity contribution < 1.29 is 9.18 Å². The van der Waals surface area contributed by atoms with Crippen molar-refractivity contribution in [2.75, 3.05) is 5.32 Å². The lowest BCUT2D eigenvalue weighted by molar-refractivity contribution is 0.164. The van der Waals surface area contributed by atoms with E-state index in [1.807, 2.05) is 55.1 Å². The maximum Gasteiger partial charge on any atom is 0.322 e. The molecule has 32 heavy (non-hydrogen) atoms. The molecule has 0 bridgehead atoms. The van der Waals surface area contributed by atoms with Gasteiger partial charge in [0, 0.05) is 28.3 Å². The highest BCUT2D eigenvalue weighted by Crippen LogP contribution is 2.41. The van der Waals surface area contributed by atoms with Gasteiger partial charge in [-0.25, -0.2) is 9.18 Å². The number of urea groups is 1. The lowest BCUT2D eigenvalue weighted by atomic mass is 9.89. The topological polar surface area (TPSA) is 48.1 Å². The van der Waals surface area contributed by atoms with E-state index in [-0.39, 0.29) is 17.9 Å². The summed E-state index contributed by atoms with van der Waals surface area (Å²) < 4.78 is 14.2. The molecule has 0 radical (unpaired) electrons. The summed E-state index contributed by atoms with van der Waals surface area (Å²) in [5.74, 6) is -0.312. The van der Waals surface area contributed by atoms with E-state index in [9.17, 15) is 9.18 Å². The van der Waals surface area contributed by atoms with E-state index in [0.29, 0.717) is 0 Å². The van der Waals surface area contributed by atoms with Crippen LogP contribution in [0.5, 0.6) is 0 Å². The monoisotopic (exact) mass is 427 g/mol. The third kappa shape index (κ3) is 3.54. The minimum absolute atomic E-state index is 0.0686. The Morgan fingerprint density at radius 2 is 1.78 bits per heavy atom. The number of halogens is 1. The Morgan fingerprint density at radius 1 is 1.03 bits per heavy atom. The highest BCUT2D eigenvalue weighted by Gasteiger charge is 2.38. The number of carbonyl (C=O) groups excluding carboxylic acids is 1. The van der Waals surface area contributed by atoms with Crippen molar-refractivity contribution in [3.63, 3.8) is 0 Å². The molecule has 2 amide bonds. The molecule has 1 aromatic heterocycles. The zero-order chi connectivity index (χ0) is 22.4. The zero-order valence-electron chi connectivity index (χ0n) is 18.4. The van der Waals surface area contributed by atoms with Crippen molar-refractivity contribution in [3.05, 3.63) is 100 Å². The lowest BCUT2D eigenvalue weighted by Crippen LogP contribution is -2.48. The molecule has 4 nitrogen and oxygen atoms in total. The van der Waals surface area contributed by atoms with Gasteiger partial charge in [-0.05, 0) is 79.8 Å². The third-order valence-electron chi connectivity index (χ3n) is 6.24. The molecule has 0 saturated carbocycles. The smallest absolute Gasteiger partial charge is 0.322 e. The molecule has 0 fully saturated rings. The van der Waals surface area contributed by atoms with Crippen molar-refractivity contribution in [1.82, 2.24) is 9.88 Å². The SMILES string of the molecule is Cc1cc(C)cc(NC(=O)N2[C@H](c3cccc(F)c3)c3[nH]c4ccccc4c3C[C@@H]2C)c1. The van der Waals surface area contributed by atoms with Crippen molar-refractivity contribution >= 4 is 22.6 Å². The Balaban J connectivity index is 1.62. The minimum Gasteiger partial charge on any atom is -0.356 e. The Bertz CT molecular complexity index is 1310. The van der Waals surface area contributed by atoms with Crippen LogP contribution >= 0.6 is 0 Å². The summed E-state index contributed by atoms with van der Waals surface area (Å²) in [6.45, 7) is 6.08. The lowest BCUT2D eigenvalue weighted by Gasteiger charge is -2.41. The summed E-state index contributed by atoms with van der Waals surface area (Å²) in [7, 11) is 0. The first-order valence-corrected chi connectivity index (χ1v) is 10.9. The number of carbonyl (C=O) groups is 1. The maximum atomic E-state index is 14.2. The van der Waals surface area contributed by atoms with Crippen LogP contribution in [0.3, 0.4) is 0 Å². The van der Waals surface area contributed by atoms with Gasteiger partial charge in [-0.3, -0.25) is 0 Å². The summed E-state index contributed by atoms with van der Waals surface area (Å²) in [4.78, 5) is 19.0. The Kier molecular flexibility index (Phi) is 4.97. The summed E-state index contributed by atoms with van der Waals surface area (Å²) in [6, 6.07) is 20.0. The summed E-state index contributed by atoms with van der Waals surface area (Å²) in [5, 5.41) is 4.24. The number of hydrogen-bond donors (Lipinski definition) is 2. The van der Waals surface area contributed by atoms with Crippen LogP contribution in [-0.2, 0) is 6.42 Å². The number of anilines is 1. The van der Waals surface area contributed by atoms with Crippen LogP contribution in [0.2, 0.25) is 0 Å². The van der Waals surface area contributed by atoms with Crippen molar-refractivity contribution in [1.29, 1.82) is 0 Å². The maximum absolute atomic E-state index is 14.2. The normalized spacial score (nSPS) is 17.9. The Labute approximate surface area is 187 Å². The van der Waals surface area contributed by atoms with E-state index in [2.05, 4.69) is 29.4 Å². The number of nitrogens with one attached hydrogen (secondary N) is 2. The van der Waals surface area contributed by atoms with Crippen molar-refractivity contribution in [2.24, 2.45) is 0 Å². The molecule has 1 aliphatic rings. The number of nitrogens with zero attached hydrogens (tertiary/aromatic N) is 1. The van der Waals surface area contributed by atoms with Crippen LogP contribution < -0.4 is 5.32 Å². The standard InChI is InChI=1S/C27H26FN3O/c1-16-11-17(2)13-21(12-16)29-27(32)31-18(3)14-23-22-9-4-5-10-24(22)30-25(23)26(31)19-7-6-8-20(28)15-19/h4-13,15,18,26,30H,14H2,1-3H3,(H,29,32)/t18-,26+/m0/s1. The molecule has 5 rings (SSSR count). The average Bonchev–Trinajstić information content (AvgIpc) is 3.10. The molecule has 3 aromatic carbocycles. The molecule has 5 heteroatoms. The second kappa shape index (κ2) is 7.83. The zero-order valence-corrected chi connectivity index (χ0v) is 18.4. The molecule has 0 aliphatic carbocycles. The van der Waals surface area contributed by atoms with Crippen molar-refractivity contribution in [3.8, 4) is 0 Å². The van der Waals surface area contributed by atoms with Crippen LogP contribution in [0.4, 0.5) is 14.9 Å². The quantitative estimate of drug-likeness (QED) is 0.377. The highest BCUT2D eigenvalue weighted by molar-refractivity contribution is 5.92. The average molecular weight is 428 g/mol. The molecular formula is C27H26FN3O. The summed E-state index contributed by atoms with van der Waals surface area (Å²) in [5.41, 5.74) is 6.86. The van der Waals surface area contributed by atoms with Gasteiger partial charge in [0.15, 0.2) is 0 Å². The number of fused-ring (bicyclic) bond motifs is 3. The highest BCUT2D eigenvalue weighted by atomic mass is 19.1. The third-order valence-corrected chi connectivity index (χ3v) is 6.24. The summed E-state index contributed by atoms with van der Waals surface area (Å²) in [6.07, 6.45) is 0.728. The molecule has 2 atom stereocenters. The number of rotatable bonds is 2. The molecular weight excluding hydrogens is 401 g/mol. The van der Waals surface area contributed by atoms with Crippen LogP contribution in [0.25, 0.3) is 10.9 Å². The van der Waals surface area contributed by atoms with Crippen LogP contribution in [0.1, 0.15) is 40.9 Å². The van der Waals surface area contributed by atoms with Crippen molar-refractivity contribution in [2.45, 2.75) is 39.3 Å². The van der Waals surface area contributed by atoms with Gasteiger partial charge in [-0.2, -0.15) is 0 Å². The number of aromatic nitrogens is 1. The van der Waals surface area contributed by atoms with E-state index in [1.54, 1.807) is 6.07 Å². The van der Waals surface area contributed by atoms with Gasteiger partial charge in [-0.1, -0.05) is 36.4 Å². The van der Waals surface area contributed by atoms with Crippen LogP contribution in [-0.4, -0.2) is 22.0 Å². The largest absolute Gasteiger partial charge is 0.356 e. The molecule has 0 saturated heterocycles. The van der Waals surface area contributed by atoms with E-state index >= 15 is 0 Å². The first kappa shape index (κ1) is 20.3. The van der Waals surface area contributed by atoms with Gasteiger partial charge in [0.2, 0.25) is 0 Å². The molecule has 4 aromatic rings. The van der Waals surface area contributed by atoms with Gasteiger partial charge in [0.1, 0.15) is 5.82 Å². The second-order valence-corrected chi connectivity index (χ2v) is 8.79. The number of H-pyrrole nitrogens is 1. The number of aryl methyl sites for hydroxylation is 2. The predicted octanol–water partition coefficient (Wildman–Crippen LogP) is 6.49. The fourth-order valence-electron chi connectivity index (χ4n) is 5.02. The van der Waals surface area contributed by atoms with E-state index < -0.39 is 6.04 Å². The van der Waals surface area contributed by atoms with Crippen LogP contribution in [0, 0.1) is 19.7 Å². The van der Waals surface area contributed by atoms with Gasteiger partial charge in [0.25, 0.3) is 0 Å². The summed E-state index contributed by atoms with van der Waals surface area (Å²) >= 11 is 0. The molecule has 2 N–H and O–H groups in total. The molecule has 1 aliphatic heterocycles. The predicted molar refractivity (Wildman–Crippen MR) is 126 cm³/mol. The Morgan fingerprint density at radius 3 is 2.53 bits per heavy atom. The fourth-order valence-corrected chi connectivity index (χ4v) is 5.02. The molecule has 2 heterocycles. The minimum atomic E-state index is -0.414. The first-order chi connectivity index (χ1) is 15.4. The van der Waals surface area contributed by atoms with Crippen LogP contribution in [0.15, 0.2) is 66.7 Å². The number of amides is 2. The van der Waals surface area contributed by atoms with E-state index in [0.717, 1.165) is 45.4 Å². The fraction of sp³-hybridized carbons (Fsp3) is 0.222. The number of hydrogen-bond acceptors (Lipinski definition) is 1. The number of aromatic amines is 1. The molecule has 162 valence electrons. The number of para-hydroxylation sites is 1. The van der Waals surface area contributed by atoms with Gasteiger partial charge < -0.3 is 15.2 Å². The molecule has 0 unspecified atom stereocenters. The van der Waals surface area contributed by atoms with Gasteiger partial charge in [-0.15, -0.1) is 0 Å². The van der Waals surface area contributed by atoms with Gasteiger partial charge >= 0.3 is 6.03 Å². The Hall–Kier alpha value is -3.60. The van der Waals surface area contributed by atoms with E-state index in [1.165, 1.54) is 17.7 Å². The van der Waals surface area contributed by atoms with E-state index in [4.69, 9.17) is 0 Å². The number of benzene rings is 3. The first-order valence-electron chi connectivity index (χ1n) is 10.9. The van der Waals surface area contributed by atoms with Gasteiger partial charge in [0.05, 0.1) is 6.04 Å².